The first-order chi connectivity index (χ1) is 8.36. The number of aliphatic hydroxyl groups excluding tert-OH is 1. The molecule has 0 aliphatic carbocycles. The zero-order chi connectivity index (χ0) is 11.7. The Bertz CT molecular complexity index is 534. The van der Waals surface area contributed by atoms with E-state index in [1.807, 2.05) is 18.3 Å². The number of aromatic nitrogens is 2. The highest BCUT2D eigenvalue weighted by Crippen LogP contribution is 2.29. The first-order valence-corrected chi connectivity index (χ1v) is 5.77. The summed E-state index contributed by atoms with van der Waals surface area (Å²) < 4.78 is 5.47. The molecular weight excluding hydrogens is 216 g/mol. The highest BCUT2D eigenvalue weighted by Gasteiger charge is 2.13. The summed E-state index contributed by atoms with van der Waals surface area (Å²) in [6, 6.07) is 6.17. The zero-order valence-electron chi connectivity index (χ0n) is 9.44. The van der Waals surface area contributed by atoms with Gasteiger partial charge in [-0.2, -0.15) is 0 Å². The van der Waals surface area contributed by atoms with Crippen LogP contribution in [0.4, 0.5) is 0 Å². The van der Waals surface area contributed by atoms with Crippen LogP contribution in [0.25, 0.3) is 11.3 Å². The highest BCUT2D eigenvalue weighted by molar-refractivity contribution is 5.62. The van der Waals surface area contributed by atoms with Gasteiger partial charge in [0.1, 0.15) is 11.6 Å². The van der Waals surface area contributed by atoms with E-state index in [9.17, 15) is 0 Å². The van der Waals surface area contributed by atoms with Crippen LogP contribution in [0.2, 0.25) is 0 Å². The van der Waals surface area contributed by atoms with E-state index in [-0.39, 0.29) is 6.61 Å². The van der Waals surface area contributed by atoms with Crippen molar-refractivity contribution in [3.05, 3.63) is 35.8 Å². The molecule has 2 heterocycles. The molecule has 3 rings (SSSR count). The predicted molar refractivity (Wildman–Crippen MR) is 64.0 cm³/mol. The molecule has 0 bridgehead atoms. The van der Waals surface area contributed by atoms with Crippen LogP contribution in [-0.2, 0) is 12.8 Å². The maximum atomic E-state index is 8.85. The number of rotatable bonds is 3. The van der Waals surface area contributed by atoms with Crippen LogP contribution in [0.1, 0.15) is 11.4 Å². The zero-order valence-corrected chi connectivity index (χ0v) is 9.44. The van der Waals surface area contributed by atoms with Gasteiger partial charge in [-0.1, -0.05) is 0 Å². The molecule has 0 saturated heterocycles. The molecular formula is C13H14N2O2. The van der Waals surface area contributed by atoms with Gasteiger partial charge in [0.2, 0.25) is 0 Å². The molecule has 4 nitrogen and oxygen atoms in total. The molecule has 0 saturated carbocycles. The Morgan fingerprint density at radius 3 is 3.24 bits per heavy atom. The Kier molecular flexibility index (Phi) is 2.57. The molecule has 88 valence electrons. The average molecular weight is 230 g/mol. The van der Waals surface area contributed by atoms with Gasteiger partial charge >= 0.3 is 0 Å². The van der Waals surface area contributed by atoms with Crippen LogP contribution in [0, 0.1) is 0 Å². The fraction of sp³-hybridized carbons (Fsp3) is 0.308. The molecule has 1 aromatic carbocycles. The Balaban J connectivity index is 1.92. The van der Waals surface area contributed by atoms with E-state index in [0.717, 1.165) is 35.9 Å². The van der Waals surface area contributed by atoms with E-state index in [1.54, 1.807) is 0 Å². The molecule has 0 spiro atoms. The van der Waals surface area contributed by atoms with Gasteiger partial charge in [-0.3, -0.25) is 0 Å². The van der Waals surface area contributed by atoms with Gasteiger partial charge in [-0.25, -0.2) is 4.98 Å². The van der Waals surface area contributed by atoms with E-state index in [4.69, 9.17) is 9.84 Å². The van der Waals surface area contributed by atoms with Gasteiger partial charge in [-0.15, -0.1) is 0 Å². The average Bonchev–Trinajstić information content (AvgIpc) is 2.96. The van der Waals surface area contributed by atoms with Crippen LogP contribution in [0.15, 0.2) is 24.4 Å². The van der Waals surface area contributed by atoms with Crippen LogP contribution in [-0.4, -0.2) is 28.3 Å². The van der Waals surface area contributed by atoms with Crippen molar-refractivity contribution in [2.45, 2.75) is 12.8 Å². The molecule has 0 fully saturated rings. The maximum Gasteiger partial charge on any atom is 0.122 e. The molecule has 1 aliphatic rings. The number of benzene rings is 1. The summed E-state index contributed by atoms with van der Waals surface area (Å²) in [6.07, 6.45) is 3.34. The summed E-state index contributed by atoms with van der Waals surface area (Å²) in [6.45, 7) is 0.891. The van der Waals surface area contributed by atoms with Crippen molar-refractivity contribution in [1.82, 2.24) is 9.97 Å². The van der Waals surface area contributed by atoms with Crippen molar-refractivity contribution < 1.29 is 9.84 Å². The number of ether oxygens (including phenoxy) is 1. The lowest BCUT2D eigenvalue weighted by Gasteiger charge is -2.01. The first kappa shape index (κ1) is 10.4. The van der Waals surface area contributed by atoms with Crippen molar-refractivity contribution in [2.75, 3.05) is 13.2 Å². The number of nitrogens with one attached hydrogen (secondary N) is 1. The monoisotopic (exact) mass is 230 g/mol. The van der Waals surface area contributed by atoms with Crippen molar-refractivity contribution in [2.24, 2.45) is 0 Å². The van der Waals surface area contributed by atoms with Gasteiger partial charge in [0.15, 0.2) is 0 Å². The molecule has 1 aromatic heterocycles. The summed E-state index contributed by atoms with van der Waals surface area (Å²) in [7, 11) is 0. The molecule has 0 atom stereocenters. The minimum absolute atomic E-state index is 0.116. The largest absolute Gasteiger partial charge is 0.493 e. The smallest absolute Gasteiger partial charge is 0.122 e. The van der Waals surface area contributed by atoms with E-state index >= 15 is 0 Å². The highest BCUT2D eigenvalue weighted by atomic mass is 16.5. The van der Waals surface area contributed by atoms with Gasteiger partial charge in [0, 0.05) is 18.4 Å². The Labute approximate surface area is 99.3 Å². The SMILES string of the molecule is OCCc1ncc(-c2ccc3c(c2)CCO3)[nH]1. The standard InChI is InChI=1S/C13H14N2O2/c16-5-3-13-14-8-11(15-13)9-1-2-12-10(7-9)4-6-17-12/h1-2,7-8,16H,3-6H2,(H,14,15). The van der Waals surface area contributed by atoms with Crippen LogP contribution in [0.5, 0.6) is 5.75 Å². The third-order valence-electron chi connectivity index (χ3n) is 2.98. The van der Waals surface area contributed by atoms with E-state index in [1.165, 1.54) is 5.56 Å². The quantitative estimate of drug-likeness (QED) is 0.841. The van der Waals surface area contributed by atoms with Gasteiger partial charge in [0.25, 0.3) is 0 Å². The van der Waals surface area contributed by atoms with E-state index in [0.29, 0.717) is 6.42 Å². The maximum absolute atomic E-state index is 8.85. The molecule has 4 heteroatoms. The molecule has 2 N–H and O–H groups in total. The van der Waals surface area contributed by atoms with E-state index in [2.05, 4.69) is 16.0 Å². The number of hydrogen-bond acceptors (Lipinski definition) is 3. The number of nitrogens with zero attached hydrogens (tertiary/aromatic N) is 1. The predicted octanol–water partition coefficient (Wildman–Crippen LogP) is 1.55. The molecule has 1 aliphatic heterocycles. The number of hydrogen-bond donors (Lipinski definition) is 2. The third kappa shape index (κ3) is 1.91. The fourth-order valence-corrected chi connectivity index (χ4v) is 2.10. The molecule has 17 heavy (non-hydrogen) atoms. The Morgan fingerprint density at radius 2 is 2.35 bits per heavy atom. The third-order valence-corrected chi connectivity index (χ3v) is 2.98. The normalized spacial score (nSPS) is 13.5. The molecule has 0 amide bonds. The fourth-order valence-electron chi connectivity index (χ4n) is 2.10. The van der Waals surface area contributed by atoms with Gasteiger partial charge in [0.05, 0.1) is 25.1 Å². The first-order valence-electron chi connectivity index (χ1n) is 5.77. The lowest BCUT2D eigenvalue weighted by Crippen LogP contribution is -1.92. The number of imidazole rings is 1. The Hall–Kier alpha value is -1.81. The summed E-state index contributed by atoms with van der Waals surface area (Å²) in [5.74, 6) is 1.81. The number of H-pyrrole nitrogens is 1. The van der Waals surface area contributed by atoms with Crippen molar-refractivity contribution >= 4 is 0 Å². The molecule has 0 radical (unpaired) electrons. The second-order valence-electron chi connectivity index (χ2n) is 4.14. The second-order valence-corrected chi connectivity index (χ2v) is 4.14. The molecule has 2 aromatic rings. The minimum atomic E-state index is 0.116. The Morgan fingerprint density at radius 1 is 1.41 bits per heavy atom. The van der Waals surface area contributed by atoms with Crippen molar-refractivity contribution in [3.63, 3.8) is 0 Å². The van der Waals surface area contributed by atoms with Gasteiger partial charge in [-0.05, 0) is 23.8 Å². The summed E-state index contributed by atoms with van der Waals surface area (Å²) in [4.78, 5) is 7.44. The minimum Gasteiger partial charge on any atom is -0.493 e. The van der Waals surface area contributed by atoms with Crippen LogP contribution < -0.4 is 4.74 Å². The van der Waals surface area contributed by atoms with Gasteiger partial charge < -0.3 is 14.8 Å². The number of aromatic amines is 1. The lowest BCUT2D eigenvalue weighted by molar-refractivity contribution is 0.297. The number of aliphatic hydroxyl groups is 1. The summed E-state index contributed by atoms with van der Waals surface area (Å²) in [5.41, 5.74) is 3.36. The van der Waals surface area contributed by atoms with E-state index < -0.39 is 0 Å². The van der Waals surface area contributed by atoms with Crippen molar-refractivity contribution in [3.8, 4) is 17.0 Å². The summed E-state index contributed by atoms with van der Waals surface area (Å²) >= 11 is 0. The molecule has 0 unspecified atom stereocenters. The number of fused-ring (bicyclic) bond motifs is 1. The topological polar surface area (TPSA) is 58.1 Å². The summed E-state index contributed by atoms with van der Waals surface area (Å²) in [5, 5.41) is 8.85. The van der Waals surface area contributed by atoms with Crippen molar-refractivity contribution in [1.29, 1.82) is 0 Å². The van der Waals surface area contributed by atoms with Crippen LogP contribution in [0.3, 0.4) is 0 Å². The second kappa shape index (κ2) is 4.22. The van der Waals surface area contributed by atoms with Crippen LogP contribution >= 0.6 is 0 Å². The lowest BCUT2D eigenvalue weighted by atomic mass is 10.1.